The quantitative estimate of drug-likeness (QED) is 0.775. The first-order chi connectivity index (χ1) is 8.91. The summed E-state index contributed by atoms with van der Waals surface area (Å²) in [6, 6.07) is 3.36. The van der Waals surface area contributed by atoms with Gasteiger partial charge < -0.3 is 4.74 Å². The molecule has 0 saturated heterocycles. The van der Waals surface area contributed by atoms with Gasteiger partial charge in [-0.3, -0.25) is 9.79 Å². The van der Waals surface area contributed by atoms with Gasteiger partial charge in [-0.2, -0.15) is 13.2 Å². The van der Waals surface area contributed by atoms with Crippen LogP contribution in [0.1, 0.15) is 18.1 Å². The minimum Gasteiger partial charge on any atom is -0.465 e. The molecule has 19 heavy (non-hydrogen) atoms. The van der Waals surface area contributed by atoms with E-state index in [9.17, 15) is 18.0 Å². The van der Waals surface area contributed by atoms with Crippen LogP contribution in [0, 0.1) is 5.92 Å². The number of hydrogen-bond donors (Lipinski definition) is 0. The molecule has 1 aromatic carbocycles. The van der Waals surface area contributed by atoms with Gasteiger partial charge >= 0.3 is 12.1 Å². The maximum Gasteiger partial charge on any atom is 0.416 e. The second-order valence-electron chi connectivity index (χ2n) is 4.18. The van der Waals surface area contributed by atoms with Crippen molar-refractivity contribution in [2.24, 2.45) is 10.9 Å². The molecular formula is C13H12F3NO2. The van der Waals surface area contributed by atoms with Gasteiger partial charge in [0, 0.05) is 6.21 Å². The van der Waals surface area contributed by atoms with Gasteiger partial charge in [0.1, 0.15) is 0 Å². The molecule has 1 aromatic rings. The Bertz CT molecular complexity index is 523. The van der Waals surface area contributed by atoms with E-state index in [0.29, 0.717) is 12.0 Å². The summed E-state index contributed by atoms with van der Waals surface area (Å²) < 4.78 is 42.5. The van der Waals surface area contributed by atoms with Crippen molar-refractivity contribution >= 4 is 17.9 Å². The average Bonchev–Trinajstić information content (AvgIpc) is 2.36. The molecule has 0 N–H and O–H groups in total. The number of esters is 1. The number of fused-ring (bicyclic) bond motifs is 1. The molecule has 0 saturated carbocycles. The third-order valence-corrected chi connectivity index (χ3v) is 2.84. The normalized spacial score (nSPS) is 18.0. The van der Waals surface area contributed by atoms with Crippen LogP contribution in [0.15, 0.2) is 23.2 Å². The number of benzene rings is 1. The summed E-state index contributed by atoms with van der Waals surface area (Å²) in [5.74, 6) is -0.930. The predicted octanol–water partition coefficient (Wildman–Crippen LogP) is 3.14. The van der Waals surface area contributed by atoms with Crippen molar-refractivity contribution in [3.8, 4) is 0 Å². The van der Waals surface area contributed by atoms with Crippen LogP contribution in [-0.4, -0.2) is 18.8 Å². The Labute approximate surface area is 108 Å². The highest BCUT2D eigenvalue weighted by Gasteiger charge is 2.32. The van der Waals surface area contributed by atoms with E-state index in [1.165, 1.54) is 12.3 Å². The average molecular weight is 271 g/mol. The molecule has 102 valence electrons. The van der Waals surface area contributed by atoms with Crippen molar-refractivity contribution in [2.75, 3.05) is 6.61 Å². The van der Waals surface area contributed by atoms with E-state index in [1.807, 2.05) is 0 Å². The first-order valence-electron chi connectivity index (χ1n) is 5.82. The number of carbonyl (C=O) groups excluding carboxylic acids is 1. The number of ether oxygens (including phenoxy) is 1. The van der Waals surface area contributed by atoms with E-state index < -0.39 is 23.6 Å². The monoisotopic (exact) mass is 271 g/mol. The van der Waals surface area contributed by atoms with E-state index in [4.69, 9.17) is 4.74 Å². The second-order valence-corrected chi connectivity index (χ2v) is 4.18. The molecule has 0 aliphatic carbocycles. The first kappa shape index (κ1) is 13.6. The summed E-state index contributed by atoms with van der Waals surface area (Å²) in [6.45, 7) is 1.96. The molecule has 1 heterocycles. The molecule has 0 radical (unpaired) electrons. The van der Waals surface area contributed by atoms with Crippen LogP contribution in [0.2, 0.25) is 0 Å². The van der Waals surface area contributed by atoms with Crippen LogP contribution in [0.5, 0.6) is 0 Å². The third-order valence-electron chi connectivity index (χ3n) is 2.84. The fourth-order valence-corrected chi connectivity index (χ4v) is 1.89. The van der Waals surface area contributed by atoms with Gasteiger partial charge in [-0.25, -0.2) is 0 Å². The maximum atomic E-state index is 12.5. The third kappa shape index (κ3) is 2.94. The minimum atomic E-state index is -4.39. The van der Waals surface area contributed by atoms with Gasteiger partial charge in [-0.05, 0) is 31.0 Å². The summed E-state index contributed by atoms with van der Waals surface area (Å²) >= 11 is 0. The molecule has 0 spiro atoms. The van der Waals surface area contributed by atoms with Crippen LogP contribution in [0.25, 0.3) is 0 Å². The number of halogens is 3. The Morgan fingerprint density at radius 2 is 2.21 bits per heavy atom. The van der Waals surface area contributed by atoms with Crippen molar-refractivity contribution in [3.63, 3.8) is 0 Å². The first-order valence-corrected chi connectivity index (χ1v) is 5.82. The van der Waals surface area contributed by atoms with Crippen molar-refractivity contribution in [1.29, 1.82) is 0 Å². The van der Waals surface area contributed by atoms with E-state index in [-0.39, 0.29) is 12.3 Å². The van der Waals surface area contributed by atoms with E-state index in [0.717, 1.165) is 12.1 Å². The van der Waals surface area contributed by atoms with Gasteiger partial charge in [-0.1, -0.05) is 6.07 Å². The molecule has 0 bridgehead atoms. The van der Waals surface area contributed by atoms with Crippen molar-refractivity contribution in [3.05, 3.63) is 29.3 Å². The lowest BCUT2D eigenvalue weighted by Crippen LogP contribution is -2.23. The topological polar surface area (TPSA) is 38.7 Å². The molecule has 2 rings (SSSR count). The highest BCUT2D eigenvalue weighted by molar-refractivity contribution is 5.92. The van der Waals surface area contributed by atoms with Gasteiger partial charge in [-0.15, -0.1) is 0 Å². The van der Waals surface area contributed by atoms with Gasteiger partial charge in [0.15, 0.2) is 0 Å². The number of carbonyl (C=O) groups is 1. The zero-order valence-electron chi connectivity index (χ0n) is 10.2. The van der Waals surface area contributed by atoms with E-state index in [2.05, 4.69) is 4.99 Å². The van der Waals surface area contributed by atoms with E-state index >= 15 is 0 Å². The van der Waals surface area contributed by atoms with Crippen molar-refractivity contribution < 1.29 is 22.7 Å². The Balaban J connectivity index is 2.23. The van der Waals surface area contributed by atoms with Crippen LogP contribution in [-0.2, 0) is 22.1 Å². The molecule has 1 unspecified atom stereocenters. The molecule has 1 atom stereocenters. The van der Waals surface area contributed by atoms with Gasteiger partial charge in [0.2, 0.25) is 0 Å². The molecule has 0 fully saturated rings. The fourth-order valence-electron chi connectivity index (χ4n) is 1.89. The Hall–Kier alpha value is -1.85. The zero-order valence-corrected chi connectivity index (χ0v) is 10.2. The molecule has 0 aromatic heterocycles. The summed E-state index contributed by atoms with van der Waals surface area (Å²) in [6.07, 6.45) is -2.72. The second kappa shape index (κ2) is 5.03. The Morgan fingerprint density at radius 3 is 2.84 bits per heavy atom. The number of aliphatic imine (C=N–C) groups is 1. The van der Waals surface area contributed by atoms with Crippen LogP contribution < -0.4 is 0 Å². The van der Waals surface area contributed by atoms with Crippen LogP contribution in [0.3, 0.4) is 0 Å². The number of hydrogen-bond acceptors (Lipinski definition) is 3. The fraction of sp³-hybridized carbons (Fsp3) is 0.385. The van der Waals surface area contributed by atoms with E-state index in [1.54, 1.807) is 6.92 Å². The summed E-state index contributed by atoms with van der Waals surface area (Å²) in [5, 5.41) is 0. The summed E-state index contributed by atoms with van der Waals surface area (Å²) in [5.41, 5.74) is 0.141. The lowest BCUT2D eigenvalue weighted by molar-refractivity contribution is -0.145. The molecule has 3 nitrogen and oxygen atoms in total. The Morgan fingerprint density at radius 1 is 1.47 bits per heavy atom. The summed E-state index contributed by atoms with van der Waals surface area (Å²) in [7, 11) is 0. The SMILES string of the molecule is CCOC(=O)C1C=Nc2cc(C(F)(F)F)ccc2C1. The minimum absolute atomic E-state index is 0.260. The van der Waals surface area contributed by atoms with Crippen LogP contribution in [0.4, 0.5) is 18.9 Å². The van der Waals surface area contributed by atoms with Crippen molar-refractivity contribution in [2.45, 2.75) is 19.5 Å². The van der Waals surface area contributed by atoms with Gasteiger partial charge in [0.25, 0.3) is 0 Å². The Kier molecular flexibility index (Phi) is 3.59. The molecular weight excluding hydrogens is 259 g/mol. The lowest BCUT2D eigenvalue weighted by Gasteiger charge is -2.18. The molecule has 1 aliphatic heterocycles. The summed E-state index contributed by atoms with van der Waals surface area (Å²) in [4.78, 5) is 15.5. The number of alkyl halides is 3. The highest BCUT2D eigenvalue weighted by atomic mass is 19.4. The lowest BCUT2D eigenvalue weighted by atomic mass is 9.95. The van der Waals surface area contributed by atoms with Crippen molar-refractivity contribution in [1.82, 2.24) is 0 Å². The zero-order chi connectivity index (χ0) is 14.0. The predicted molar refractivity (Wildman–Crippen MR) is 63.4 cm³/mol. The number of rotatable bonds is 2. The number of nitrogens with zero attached hydrogens (tertiary/aromatic N) is 1. The molecule has 0 amide bonds. The molecule has 6 heteroatoms. The van der Waals surface area contributed by atoms with Gasteiger partial charge in [0.05, 0.1) is 23.8 Å². The maximum absolute atomic E-state index is 12.5. The smallest absolute Gasteiger partial charge is 0.416 e. The standard InChI is InChI=1S/C13H12F3NO2/c1-2-19-12(18)9-5-8-3-4-10(13(14,15)16)6-11(8)17-7-9/h3-4,6-7,9H,2,5H2,1H3. The largest absolute Gasteiger partial charge is 0.465 e. The highest BCUT2D eigenvalue weighted by Crippen LogP contribution is 2.35. The van der Waals surface area contributed by atoms with Crippen LogP contribution >= 0.6 is 0 Å². The molecule has 1 aliphatic rings.